The van der Waals surface area contributed by atoms with Crippen molar-refractivity contribution in [2.24, 2.45) is 0 Å². The SMILES string of the molecule is COc1ccc(N2CC(NC(=O)NC(C)(CO)CO)CC2=O)cc1. The van der Waals surface area contributed by atoms with Crippen LogP contribution in [0.4, 0.5) is 10.5 Å². The molecule has 132 valence electrons. The number of benzene rings is 1. The van der Waals surface area contributed by atoms with E-state index >= 15 is 0 Å². The maximum atomic E-state index is 12.2. The molecule has 0 radical (unpaired) electrons. The van der Waals surface area contributed by atoms with E-state index in [-0.39, 0.29) is 18.4 Å². The minimum atomic E-state index is -1.11. The molecule has 1 saturated heterocycles. The van der Waals surface area contributed by atoms with E-state index in [1.54, 1.807) is 36.3 Å². The molecular formula is C16H23N3O5. The molecule has 1 aliphatic rings. The van der Waals surface area contributed by atoms with Crippen LogP contribution in [0, 0.1) is 0 Å². The summed E-state index contributed by atoms with van der Waals surface area (Å²) < 4.78 is 5.09. The molecule has 1 unspecified atom stereocenters. The first kappa shape index (κ1) is 18.0. The highest BCUT2D eigenvalue weighted by molar-refractivity contribution is 5.96. The van der Waals surface area contributed by atoms with Crippen molar-refractivity contribution in [2.75, 3.05) is 31.8 Å². The maximum absolute atomic E-state index is 12.2. The Labute approximate surface area is 140 Å². The summed E-state index contributed by atoms with van der Waals surface area (Å²) in [6.07, 6.45) is 0.189. The number of anilines is 1. The summed E-state index contributed by atoms with van der Waals surface area (Å²) in [6.45, 7) is 1.10. The molecule has 1 aromatic carbocycles. The summed E-state index contributed by atoms with van der Waals surface area (Å²) in [5.74, 6) is 0.615. The van der Waals surface area contributed by atoms with E-state index in [9.17, 15) is 19.8 Å². The lowest BCUT2D eigenvalue weighted by atomic mass is 10.1. The number of aliphatic hydroxyl groups is 2. The largest absolute Gasteiger partial charge is 0.497 e. The smallest absolute Gasteiger partial charge is 0.315 e. The molecule has 8 nitrogen and oxygen atoms in total. The number of methoxy groups -OCH3 is 1. The summed E-state index contributed by atoms with van der Waals surface area (Å²) in [7, 11) is 1.57. The van der Waals surface area contributed by atoms with Gasteiger partial charge in [-0.3, -0.25) is 4.79 Å². The van der Waals surface area contributed by atoms with Crippen molar-refractivity contribution in [1.82, 2.24) is 10.6 Å². The summed E-state index contributed by atoms with van der Waals surface area (Å²) >= 11 is 0. The van der Waals surface area contributed by atoms with E-state index in [0.717, 1.165) is 5.69 Å². The molecule has 3 amide bonds. The normalized spacial score (nSPS) is 17.8. The third-order valence-electron chi connectivity index (χ3n) is 3.96. The zero-order chi connectivity index (χ0) is 17.7. The minimum absolute atomic E-state index is 0.0856. The number of amides is 3. The molecular weight excluding hydrogens is 314 g/mol. The van der Waals surface area contributed by atoms with E-state index in [2.05, 4.69) is 10.6 Å². The molecule has 2 rings (SSSR count). The summed E-state index contributed by atoms with van der Waals surface area (Å²) in [6, 6.07) is 6.23. The van der Waals surface area contributed by atoms with Crippen LogP contribution < -0.4 is 20.3 Å². The second-order valence-corrected chi connectivity index (χ2v) is 6.08. The van der Waals surface area contributed by atoms with Gasteiger partial charge in [-0.15, -0.1) is 0 Å². The molecule has 0 saturated carbocycles. The molecule has 0 aromatic heterocycles. The Hall–Kier alpha value is -2.32. The lowest BCUT2D eigenvalue weighted by molar-refractivity contribution is -0.117. The Balaban J connectivity index is 1.95. The highest BCUT2D eigenvalue weighted by Gasteiger charge is 2.33. The number of hydrogen-bond donors (Lipinski definition) is 4. The lowest BCUT2D eigenvalue weighted by Crippen LogP contribution is -2.56. The fourth-order valence-electron chi connectivity index (χ4n) is 2.44. The van der Waals surface area contributed by atoms with Crippen molar-refractivity contribution in [3.05, 3.63) is 24.3 Å². The van der Waals surface area contributed by atoms with E-state index in [4.69, 9.17) is 4.74 Å². The number of aliphatic hydroxyl groups excluding tert-OH is 2. The highest BCUT2D eigenvalue weighted by atomic mass is 16.5. The van der Waals surface area contributed by atoms with Gasteiger partial charge in [-0.2, -0.15) is 0 Å². The van der Waals surface area contributed by atoms with Gasteiger partial charge in [0.25, 0.3) is 0 Å². The third kappa shape index (κ3) is 4.15. The highest BCUT2D eigenvalue weighted by Crippen LogP contribution is 2.24. The molecule has 4 N–H and O–H groups in total. The van der Waals surface area contributed by atoms with E-state index in [0.29, 0.717) is 12.3 Å². The average molecular weight is 337 g/mol. The molecule has 8 heteroatoms. The van der Waals surface area contributed by atoms with Crippen molar-refractivity contribution in [1.29, 1.82) is 0 Å². The Kier molecular flexibility index (Phi) is 5.63. The van der Waals surface area contributed by atoms with Crippen LogP contribution in [0.1, 0.15) is 13.3 Å². The van der Waals surface area contributed by atoms with Crippen molar-refractivity contribution in [3.63, 3.8) is 0 Å². The van der Waals surface area contributed by atoms with Gasteiger partial charge in [0.05, 0.1) is 31.9 Å². The van der Waals surface area contributed by atoms with Crippen LogP contribution in [0.25, 0.3) is 0 Å². The Bertz CT molecular complexity index is 586. The standard InChI is InChI=1S/C16H23N3O5/c1-16(9-20,10-21)18-15(23)17-11-7-14(22)19(8-11)12-3-5-13(24-2)6-4-12/h3-6,11,20-21H,7-10H2,1-2H3,(H2,17,18,23). The fraction of sp³-hybridized carbons (Fsp3) is 0.500. The molecule has 0 aliphatic carbocycles. The number of urea groups is 1. The van der Waals surface area contributed by atoms with Gasteiger partial charge >= 0.3 is 6.03 Å². The quantitative estimate of drug-likeness (QED) is 0.577. The van der Waals surface area contributed by atoms with Crippen LogP contribution >= 0.6 is 0 Å². The van der Waals surface area contributed by atoms with Gasteiger partial charge in [-0.1, -0.05) is 0 Å². The molecule has 0 spiro atoms. The van der Waals surface area contributed by atoms with Crippen LogP contribution in [0.5, 0.6) is 5.75 Å². The van der Waals surface area contributed by atoms with Crippen molar-refractivity contribution in [2.45, 2.75) is 24.9 Å². The average Bonchev–Trinajstić information content (AvgIpc) is 2.94. The topological polar surface area (TPSA) is 111 Å². The molecule has 1 aromatic rings. The van der Waals surface area contributed by atoms with Crippen LogP contribution in [0.2, 0.25) is 0 Å². The Morgan fingerprint density at radius 1 is 1.33 bits per heavy atom. The summed E-state index contributed by atoms with van der Waals surface area (Å²) in [5, 5.41) is 23.6. The zero-order valence-corrected chi connectivity index (χ0v) is 13.8. The van der Waals surface area contributed by atoms with Gasteiger partial charge < -0.3 is 30.5 Å². The van der Waals surface area contributed by atoms with Crippen LogP contribution in [-0.2, 0) is 4.79 Å². The van der Waals surface area contributed by atoms with Crippen LogP contribution in [-0.4, -0.2) is 60.6 Å². The Morgan fingerprint density at radius 3 is 2.50 bits per heavy atom. The molecule has 1 aliphatic heterocycles. The van der Waals surface area contributed by atoms with Gasteiger partial charge in [-0.05, 0) is 31.2 Å². The van der Waals surface area contributed by atoms with Crippen LogP contribution in [0.3, 0.4) is 0 Å². The van der Waals surface area contributed by atoms with E-state index < -0.39 is 24.8 Å². The monoisotopic (exact) mass is 337 g/mol. The zero-order valence-electron chi connectivity index (χ0n) is 13.8. The lowest BCUT2D eigenvalue weighted by Gasteiger charge is -2.27. The molecule has 1 heterocycles. The number of nitrogens with zero attached hydrogens (tertiary/aromatic N) is 1. The first-order valence-corrected chi connectivity index (χ1v) is 7.65. The predicted molar refractivity (Wildman–Crippen MR) is 88.0 cm³/mol. The molecule has 0 bridgehead atoms. The predicted octanol–water partition coefficient (Wildman–Crippen LogP) is -0.157. The van der Waals surface area contributed by atoms with Gasteiger partial charge in [0.15, 0.2) is 0 Å². The molecule has 24 heavy (non-hydrogen) atoms. The third-order valence-corrected chi connectivity index (χ3v) is 3.96. The molecule has 1 atom stereocenters. The number of carbonyl (C=O) groups excluding carboxylic acids is 2. The van der Waals surface area contributed by atoms with E-state index in [1.165, 1.54) is 6.92 Å². The number of hydrogen-bond acceptors (Lipinski definition) is 5. The van der Waals surface area contributed by atoms with Crippen molar-refractivity contribution >= 4 is 17.6 Å². The minimum Gasteiger partial charge on any atom is -0.497 e. The molecule has 1 fully saturated rings. The van der Waals surface area contributed by atoms with Gasteiger partial charge in [0.1, 0.15) is 5.75 Å². The van der Waals surface area contributed by atoms with Gasteiger partial charge in [-0.25, -0.2) is 4.79 Å². The van der Waals surface area contributed by atoms with Crippen molar-refractivity contribution in [3.8, 4) is 5.75 Å². The number of carbonyl (C=O) groups is 2. The summed E-state index contributed by atoms with van der Waals surface area (Å²) in [4.78, 5) is 25.7. The number of ether oxygens (including phenoxy) is 1. The second-order valence-electron chi connectivity index (χ2n) is 6.08. The summed E-state index contributed by atoms with van der Waals surface area (Å²) in [5.41, 5.74) is -0.372. The number of rotatable bonds is 6. The van der Waals surface area contributed by atoms with E-state index in [1.807, 2.05) is 0 Å². The van der Waals surface area contributed by atoms with Gasteiger partial charge in [0.2, 0.25) is 5.91 Å². The maximum Gasteiger partial charge on any atom is 0.315 e. The van der Waals surface area contributed by atoms with Crippen molar-refractivity contribution < 1.29 is 24.5 Å². The van der Waals surface area contributed by atoms with Crippen LogP contribution in [0.15, 0.2) is 24.3 Å². The first-order chi connectivity index (χ1) is 11.4. The first-order valence-electron chi connectivity index (χ1n) is 7.65. The van der Waals surface area contributed by atoms with Gasteiger partial charge in [0, 0.05) is 18.7 Å². The second kappa shape index (κ2) is 7.50. The Morgan fingerprint density at radius 2 is 1.96 bits per heavy atom. The number of nitrogens with one attached hydrogen (secondary N) is 2. The fourth-order valence-corrected chi connectivity index (χ4v) is 2.44.